The van der Waals surface area contributed by atoms with E-state index in [0.29, 0.717) is 5.88 Å². The van der Waals surface area contributed by atoms with Gasteiger partial charge in [-0.25, -0.2) is 4.98 Å². The summed E-state index contributed by atoms with van der Waals surface area (Å²) in [5.41, 5.74) is 3.23. The standard InChI is InChI=1S/C16H17IN2O2/c1-18-14-6-4-12(5-7-14)2-3-13-10-15(17)16(19-11-13)21-9-8-20/h2-7,10-11,18,20H,8-9H2,1H3/b3-2+/i17-4. The number of pyridine rings is 1. The van der Waals surface area contributed by atoms with Crippen LogP contribution in [-0.4, -0.2) is 30.4 Å². The second-order valence-electron chi connectivity index (χ2n) is 4.33. The Hall–Kier alpha value is -1.60. The lowest BCUT2D eigenvalue weighted by atomic mass is 10.1. The van der Waals surface area contributed by atoms with E-state index in [1.165, 1.54) is 0 Å². The molecule has 0 saturated heterocycles. The first-order valence-electron chi connectivity index (χ1n) is 6.58. The van der Waals surface area contributed by atoms with Crippen LogP contribution in [0.4, 0.5) is 5.69 Å². The van der Waals surface area contributed by atoms with Gasteiger partial charge in [0.15, 0.2) is 0 Å². The van der Waals surface area contributed by atoms with Crippen molar-refractivity contribution in [3.63, 3.8) is 0 Å². The SMILES string of the molecule is CNc1ccc(/C=C/c2cnc(OCCO)c([123I])c2)cc1. The summed E-state index contributed by atoms with van der Waals surface area (Å²) < 4.78 is 6.25. The van der Waals surface area contributed by atoms with Crippen LogP contribution in [0.3, 0.4) is 0 Å². The van der Waals surface area contributed by atoms with E-state index < -0.39 is 0 Å². The van der Waals surface area contributed by atoms with Gasteiger partial charge in [0, 0.05) is 18.9 Å². The van der Waals surface area contributed by atoms with E-state index in [-0.39, 0.29) is 13.2 Å². The third kappa shape index (κ3) is 4.71. The third-order valence-electron chi connectivity index (χ3n) is 2.83. The largest absolute Gasteiger partial charge is 0.474 e. The average Bonchev–Trinajstić information content (AvgIpc) is 2.52. The van der Waals surface area contributed by atoms with E-state index in [2.05, 4.69) is 45.0 Å². The van der Waals surface area contributed by atoms with Crippen molar-refractivity contribution >= 4 is 40.4 Å². The summed E-state index contributed by atoms with van der Waals surface area (Å²) in [6.07, 6.45) is 5.81. The molecule has 1 heterocycles. The van der Waals surface area contributed by atoms with E-state index in [0.717, 1.165) is 20.4 Å². The zero-order chi connectivity index (χ0) is 15.1. The van der Waals surface area contributed by atoms with Crippen molar-refractivity contribution in [1.29, 1.82) is 0 Å². The summed E-state index contributed by atoms with van der Waals surface area (Å²) >= 11 is 2.18. The molecule has 5 heteroatoms. The molecule has 1 aromatic heterocycles. The highest BCUT2D eigenvalue weighted by atomic mass is 123. The third-order valence-corrected chi connectivity index (χ3v) is 3.60. The summed E-state index contributed by atoms with van der Waals surface area (Å²) in [5, 5.41) is 11.8. The summed E-state index contributed by atoms with van der Waals surface area (Å²) in [5.74, 6) is 0.556. The summed E-state index contributed by atoms with van der Waals surface area (Å²) in [6, 6.07) is 10.2. The molecule has 0 fully saturated rings. The molecule has 0 aliphatic heterocycles. The number of nitrogens with one attached hydrogen (secondary N) is 1. The first-order chi connectivity index (χ1) is 10.2. The number of anilines is 1. The molecule has 0 amide bonds. The van der Waals surface area contributed by atoms with Crippen LogP contribution in [0, 0.1) is 3.57 Å². The molecule has 4 nitrogen and oxygen atoms in total. The van der Waals surface area contributed by atoms with Crippen LogP contribution >= 0.6 is 22.6 Å². The summed E-state index contributed by atoms with van der Waals surface area (Å²) in [7, 11) is 1.90. The van der Waals surface area contributed by atoms with Crippen molar-refractivity contribution in [2.24, 2.45) is 0 Å². The number of ether oxygens (including phenoxy) is 1. The van der Waals surface area contributed by atoms with Crippen LogP contribution in [0.5, 0.6) is 5.88 Å². The normalized spacial score (nSPS) is 10.8. The monoisotopic (exact) mass is 392 g/mol. The quantitative estimate of drug-likeness (QED) is 0.742. The number of benzene rings is 1. The second kappa shape index (κ2) is 7.99. The maximum Gasteiger partial charge on any atom is 0.227 e. The molecular weight excluding hydrogens is 375 g/mol. The first kappa shape index (κ1) is 15.8. The van der Waals surface area contributed by atoms with Crippen LogP contribution in [-0.2, 0) is 0 Å². The van der Waals surface area contributed by atoms with Crippen molar-refractivity contribution in [3.8, 4) is 5.88 Å². The van der Waals surface area contributed by atoms with Crippen LogP contribution in [0.2, 0.25) is 0 Å². The number of aromatic nitrogens is 1. The Morgan fingerprint density at radius 3 is 2.57 bits per heavy atom. The van der Waals surface area contributed by atoms with E-state index in [1.807, 2.05) is 37.4 Å². The minimum absolute atomic E-state index is 0.0119. The number of hydrogen-bond donors (Lipinski definition) is 2. The highest BCUT2D eigenvalue weighted by molar-refractivity contribution is 14.1. The molecule has 0 unspecified atom stereocenters. The van der Waals surface area contributed by atoms with E-state index in [1.54, 1.807) is 6.20 Å². The molecule has 2 aromatic rings. The molecule has 0 atom stereocenters. The van der Waals surface area contributed by atoms with Gasteiger partial charge in [-0.15, -0.1) is 0 Å². The topological polar surface area (TPSA) is 54.4 Å². The van der Waals surface area contributed by atoms with Gasteiger partial charge in [0.05, 0.1) is 10.2 Å². The molecule has 110 valence electrons. The van der Waals surface area contributed by atoms with E-state index in [4.69, 9.17) is 9.84 Å². The van der Waals surface area contributed by atoms with Gasteiger partial charge >= 0.3 is 0 Å². The number of aliphatic hydroxyl groups is 1. The molecular formula is C16H17IN2O2. The minimum atomic E-state index is -0.0119. The van der Waals surface area contributed by atoms with Crippen molar-refractivity contribution in [3.05, 3.63) is 51.2 Å². The molecule has 0 aliphatic carbocycles. The van der Waals surface area contributed by atoms with Crippen molar-refractivity contribution in [2.75, 3.05) is 25.6 Å². The van der Waals surface area contributed by atoms with Crippen LogP contribution in [0.15, 0.2) is 36.5 Å². The fraction of sp³-hybridized carbons (Fsp3) is 0.188. The number of rotatable bonds is 6. The van der Waals surface area contributed by atoms with Gasteiger partial charge in [0.2, 0.25) is 5.88 Å². The Kier molecular flexibility index (Phi) is 6.01. The lowest BCUT2D eigenvalue weighted by molar-refractivity contribution is 0.196. The fourth-order valence-electron chi connectivity index (χ4n) is 1.73. The average molecular weight is 392 g/mol. The zero-order valence-electron chi connectivity index (χ0n) is 11.7. The fourth-order valence-corrected chi connectivity index (χ4v) is 2.39. The first-order valence-corrected chi connectivity index (χ1v) is 7.66. The van der Waals surface area contributed by atoms with Crippen molar-refractivity contribution in [2.45, 2.75) is 0 Å². The molecule has 2 N–H and O–H groups in total. The zero-order valence-corrected chi connectivity index (χ0v) is 13.9. The van der Waals surface area contributed by atoms with Crippen LogP contribution in [0.25, 0.3) is 12.2 Å². The molecule has 1 aromatic carbocycles. The van der Waals surface area contributed by atoms with Gasteiger partial charge in [-0.3, -0.25) is 0 Å². The summed E-state index contributed by atoms with van der Waals surface area (Å²) in [4.78, 5) is 4.25. The predicted molar refractivity (Wildman–Crippen MR) is 94.5 cm³/mol. The smallest absolute Gasteiger partial charge is 0.227 e. The molecule has 0 spiro atoms. The highest BCUT2D eigenvalue weighted by Crippen LogP contribution is 2.20. The number of aliphatic hydroxyl groups excluding tert-OH is 1. The van der Waals surface area contributed by atoms with Gasteiger partial charge in [0.1, 0.15) is 6.61 Å². The number of nitrogens with zero attached hydrogens (tertiary/aromatic N) is 1. The molecule has 0 bridgehead atoms. The Labute approximate surface area is 138 Å². The molecule has 2 rings (SSSR count). The number of hydrogen-bond acceptors (Lipinski definition) is 4. The van der Waals surface area contributed by atoms with Gasteiger partial charge in [-0.05, 0) is 51.9 Å². The van der Waals surface area contributed by atoms with Gasteiger partial charge in [-0.1, -0.05) is 24.3 Å². The Bertz CT molecular complexity index is 612. The Morgan fingerprint density at radius 1 is 1.24 bits per heavy atom. The summed E-state index contributed by atoms with van der Waals surface area (Å²) in [6.45, 7) is 0.248. The van der Waals surface area contributed by atoms with Gasteiger partial charge in [0.25, 0.3) is 0 Å². The second-order valence-corrected chi connectivity index (χ2v) is 5.50. The molecule has 0 aliphatic rings. The van der Waals surface area contributed by atoms with Gasteiger partial charge < -0.3 is 15.2 Å². The molecule has 0 radical (unpaired) electrons. The van der Waals surface area contributed by atoms with Crippen LogP contribution in [0.1, 0.15) is 11.1 Å². The Balaban J connectivity index is 2.07. The molecule has 21 heavy (non-hydrogen) atoms. The maximum atomic E-state index is 8.75. The highest BCUT2D eigenvalue weighted by Gasteiger charge is 2.02. The minimum Gasteiger partial charge on any atom is -0.474 e. The van der Waals surface area contributed by atoms with Crippen molar-refractivity contribution in [1.82, 2.24) is 4.98 Å². The molecule has 0 saturated carbocycles. The Morgan fingerprint density at radius 2 is 1.95 bits per heavy atom. The van der Waals surface area contributed by atoms with Crippen LogP contribution < -0.4 is 10.1 Å². The lowest BCUT2D eigenvalue weighted by Gasteiger charge is -2.05. The van der Waals surface area contributed by atoms with E-state index in [9.17, 15) is 0 Å². The van der Waals surface area contributed by atoms with E-state index >= 15 is 0 Å². The van der Waals surface area contributed by atoms with Gasteiger partial charge in [-0.2, -0.15) is 0 Å². The lowest BCUT2D eigenvalue weighted by Crippen LogP contribution is -2.04. The van der Waals surface area contributed by atoms with Crippen molar-refractivity contribution < 1.29 is 9.84 Å². The predicted octanol–water partition coefficient (Wildman–Crippen LogP) is 3.27. The maximum absolute atomic E-state index is 8.75. The number of halogens is 1.